The first kappa shape index (κ1) is 13.6. The van der Waals surface area contributed by atoms with E-state index >= 15 is 0 Å². The molecule has 0 saturated carbocycles. The molecule has 4 heteroatoms. The van der Waals surface area contributed by atoms with Gasteiger partial charge in [-0.3, -0.25) is 4.79 Å². The van der Waals surface area contributed by atoms with Crippen molar-refractivity contribution >= 4 is 11.6 Å². The molecule has 0 bridgehead atoms. The van der Waals surface area contributed by atoms with Crippen LogP contribution in [0.25, 0.3) is 0 Å². The van der Waals surface area contributed by atoms with Crippen molar-refractivity contribution in [2.45, 2.75) is 26.4 Å². The van der Waals surface area contributed by atoms with Gasteiger partial charge in [0.1, 0.15) is 11.5 Å². The summed E-state index contributed by atoms with van der Waals surface area (Å²) in [5.74, 6) is 1.42. The van der Waals surface area contributed by atoms with E-state index in [1.54, 1.807) is 0 Å². The van der Waals surface area contributed by atoms with Gasteiger partial charge in [0.15, 0.2) is 0 Å². The number of carbonyl (C=O) groups is 1. The highest BCUT2D eigenvalue weighted by Crippen LogP contribution is 2.31. The largest absolute Gasteiger partial charge is 0.457 e. The van der Waals surface area contributed by atoms with E-state index in [1.165, 1.54) is 0 Å². The molecule has 0 aliphatic carbocycles. The number of hydrogen-bond donors (Lipinski definition) is 2. The lowest BCUT2D eigenvalue weighted by Gasteiger charge is -2.18. The highest BCUT2D eigenvalue weighted by atomic mass is 16.5. The van der Waals surface area contributed by atoms with E-state index in [4.69, 9.17) is 4.74 Å². The van der Waals surface area contributed by atoms with Crippen molar-refractivity contribution in [3.63, 3.8) is 0 Å². The van der Waals surface area contributed by atoms with Crippen LogP contribution in [0.2, 0.25) is 0 Å². The molecule has 21 heavy (non-hydrogen) atoms. The molecule has 0 saturated heterocycles. The molecule has 2 aromatic rings. The summed E-state index contributed by atoms with van der Waals surface area (Å²) in [5.41, 5.74) is 3.77. The molecule has 0 unspecified atom stereocenters. The Balaban J connectivity index is 1.87. The van der Waals surface area contributed by atoms with Gasteiger partial charge in [0.25, 0.3) is 0 Å². The second-order valence-corrected chi connectivity index (χ2v) is 5.24. The quantitative estimate of drug-likeness (QED) is 0.909. The molecular formula is C17H17NO3. The predicted molar refractivity (Wildman–Crippen MR) is 80.6 cm³/mol. The number of anilines is 1. The summed E-state index contributed by atoms with van der Waals surface area (Å²) in [6.45, 7) is 1.92. The Morgan fingerprint density at radius 3 is 2.86 bits per heavy atom. The first-order valence-electron chi connectivity index (χ1n) is 6.97. The van der Waals surface area contributed by atoms with Gasteiger partial charge >= 0.3 is 0 Å². The average molecular weight is 283 g/mol. The zero-order valence-electron chi connectivity index (χ0n) is 11.8. The molecule has 2 aromatic carbocycles. The maximum Gasteiger partial charge on any atom is 0.224 e. The van der Waals surface area contributed by atoms with Gasteiger partial charge in [-0.05, 0) is 43.2 Å². The molecule has 1 aliphatic rings. The third kappa shape index (κ3) is 2.90. The molecule has 0 aromatic heterocycles. The van der Waals surface area contributed by atoms with E-state index in [1.807, 2.05) is 43.3 Å². The van der Waals surface area contributed by atoms with Crippen molar-refractivity contribution in [1.82, 2.24) is 0 Å². The summed E-state index contributed by atoms with van der Waals surface area (Å²) in [5, 5.41) is 12.3. The fourth-order valence-electron chi connectivity index (χ4n) is 2.48. The summed E-state index contributed by atoms with van der Waals surface area (Å²) >= 11 is 0. The molecule has 1 heterocycles. The third-order valence-corrected chi connectivity index (χ3v) is 3.59. The number of aryl methyl sites for hydroxylation is 2. The van der Waals surface area contributed by atoms with Gasteiger partial charge in [0, 0.05) is 17.7 Å². The van der Waals surface area contributed by atoms with Crippen molar-refractivity contribution in [2.24, 2.45) is 0 Å². The fourth-order valence-corrected chi connectivity index (χ4v) is 2.48. The van der Waals surface area contributed by atoms with Gasteiger partial charge < -0.3 is 15.2 Å². The maximum absolute atomic E-state index is 11.3. The molecule has 0 atom stereocenters. The van der Waals surface area contributed by atoms with Crippen LogP contribution in [0.4, 0.5) is 5.69 Å². The lowest BCUT2D eigenvalue weighted by molar-refractivity contribution is -0.116. The predicted octanol–water partition coefficient (Wildman–Crippen LogP) is 3.16. The molecular weight excluding hydrogens is 266 g/mol. The Labute approximate surface area is 123 Å². The number of ether oxygens (including phenoxy) is 1. The number of nitrogens with one attached hydrogen (secondary N) is 1. The van der Waals surface area contributed by atoms with Crippen molar-refractivity contribution in [1.29, 1.82) is 0 Å². The minimum atomic E-state index is -0.0575. The van der Waals surface area contributed by atoms with Crippen LogP contribution in [0.1, 0.15) is 23.1 Å². The molecule has 3 rings (SSSR count). The van der Waals surface area contributed by atoms with Gasteiger partial charge in [0.05, 0.1) is 6.61 Å². The molecule has 108 valence electrons. The molecule has 1 aliphatic heterocycles. The number of fused-ring (bicyclic) bond motifs is 1. The number of benzene rings is 2. The summed E-state index contributed by atoms with van der Waals surface area (Å²) in [6.07, 6.45) is 1.22. The minimum Gasteiger partial charge on any atom is -0.457 e. The number of amides is 1. The van der Waals surface area contributed by atoms with E-state index in [0.717, 1.165) is 28.8 Å². The van der Waals surface area contributed by atoms with Crippen molar-refractivity contribution in [3.05, 3.63) is 53.1 Å². The molecule has 0 fully saturated rings. The second kappa shape index (κ2) is 5.58. The first-order valence-corrected chi connectivity index (χ1v) is 6.97. The number of carbonyl (C=O) groups excluding carboxylic acids is 1. The smallest absolute Gasteiger partial charge is 0.224 e. The van der Waals surface area contributed by atoms with Gasteiger partial charge in [-0.1, -0.05) is 17.7 Å². The third-order valence-electron chi connectivity index (χ3n) is 3.59. The normalized spacial score (nSPS) is 13.5. The van der Waals surface area contributed by atoms with E-state index in [2.05, 4.69) is 5.32 Å². The lowest BCUT2D eigenvalue weighted by atomic mass is 10.0. The Morgan fingerprint density at radius 2 is 2.05 bits per heavy atom. The summed E-state index contributed by atoms with van der Waals surface area (Å²) in [7, 11) is 0. The number of aliphatic hydroxyl groups is 1. The first-order chi connectivity index (χ1) is 10.2. The summed E-state index contributed by atoms with van der Waals surface area (Å²) in [6, 6.07) is 11.3. The molecule has 2 N–H and O–H groups in total. The summed E-state index contributed by atoms with van der Waals surface area (Å²) in [4.78, 5) is 11.3. The number of hydrogen-bond acceptors (Lipinski definition) is 3. The van der Waals surface area contributed by atoms with Crippen molar-refractivity contribution < 1.29 is 14.6 Å². The van der Waals surface area contributed by atoms with Crippen LogP contribution in [0, 0.1) is 6.92 Å². The molecule has 1 amide bonds. The Kier molecular flexibility index (Phi) is 3.62. The van der Waals surface area contributed by atoms with Gasteiger partial charge in [0.2, 0.25) is 5.91 Å². The summed E-state index contributed by atoms with van der Waals surface area (Å²) < 4.78 is 5.88. The average Bonchev–Trinajstić information content (AvgIpc) is 2.49. The van der Waals surface area contributed by atoms with E-state index in [9.17, 15) is 9.90 Å². The molecule has 0 radical (unpaired) electrons. The van der Waals surface area contributed by atoms with Crippen LogP contribution >= 0.6 is 0 Å². The minimum absolute atomic E-state index is 0.0530. The van der Waals surface area contributed by atoms with E-state index in [-0.39, 0.29) is 12.5 Å². The van der Waals surface area contributed by atoms with Crippen LogP contribution in [0.5, 0.6) is 11.5 Å². The van der Waals surface area contributed by atoms with Gasteiger partial charge in [-0.2, -0.15) is 0 Å². The second-order valence-electron chi connectivity index (χ2n) is 5.24. The van der Waals surface area contributed by atoms with Crippen molar-refractivity contribution in [3.8, 4) is 11.5 Å². The van der Waals surface area contributed by atoms with E-state index < -0.39 is 0 Å². The zero-order valence-corrected chi connectivity index (χ0v) is 11.8. The van der Waals surface area contributed by atoms with Crippen LogP contribution in [0.3, 0.4) is 0 Å². The van der Waals surface area contributed by atoms with Crippen LogP contribution < -0.4 is 10.1 Å². The van der Waals surface area contributed by atoms with Crippen LogP contribution in [-0.2, 0) is 17.8 Å². The Morgan fingerprint density at radius 1 is 1.19 bits per heavy atom. The Bertz CT molecular complexity index is 694. The maximum atomic E-state index is 11.3. The monoisotopic (exact) mass is 283 g/mol. The standard InChI is InChI=1S/C17H17NO3/c1-11-2-6-16(13(8-11)10-19)21-14-4-5-15-12(9-14)3-7-17(20)18-15/h2,4-6,8-9,19H,3,7,10H2,1H3,(H,18,20). The van der Waals surface area contributed by atoms with Crippen LogP contribution in [-0.4, -0.2) is 11.0 Å². The SMILES string of the molecule is Cc1ccc(Oc2ccc3c(c2)CCC(=O)N3)c(CO)c1. The van der Waals surface area contributed by atoms with E-state index in [0.29, 0.717) is 17.9 Å². The highest BCUT2D eigenvalue weighted by Gasteiger charge is 2.15. The molecule has 4 nitrogen and oxygen atoms in total. The Hall–Kier alpha value is -2.33. The number of aliphatic hydroxyl groups excluding tert-OH is 1. The lowest BCUT2D eigenvalue weighted by Crippen LogP contribution is -2.18. The molecule has 0 spiro atoms. The van der Waals surface area contributed by atoms with Gasteiger partial charge in [-0.25, -0.2) is 0 Å². The van der Waals surface area contributed by atoms with Gasteiger partial charge in [-0.15, -0.1) is 0 Å². The topological polar surface area (TPSA) is 58.6 Å². The van der Waals surface area contributed by atoms with Crippen LogP contribution in [0.15, 0.2) is 36.4 Å². The fraction of sp³-hybridized carbons (Fsp3) is 0.235. The highest BCUT2D eigenvalue weighted by molar-refractivity contribution is 5.94. The zero-order chi connectivity index (χ0) is 14.8. The number of rotatable bonds is 3. The van der Waals surface area contributed by atoms with Crippen molar-refractivity contribution in [2.75, 3.05) is 5.32 Å².